The Hall–Kier alpha value is -2.77. The molecule has 2 aliphatic rings. The zero-order valence-corrected chi connectivity index (χ0v) is 31.6. The molecular formula is C37H68N6O7. The fourth-order valence-electron chi connectivity index (χ4n) is 7.11. The SMILES string of the molecule is CC(C)C[C@@H](C(=O)N[C@H](C(=O)N[C@@H](CN)C(N)=O)C1CCCCC1)N(C)C(=O)[C@@H]1CCCCCCCC[C@H]1OC[C@@H](C)NC(=O)[C@@H](C)[C@H](C)O. The van der Waals surface area contributed by atoms with Crippen LogP contribution in [0, 0.1) is 23.7 Å². The van der Waals surface area contributed by atoms with E-state index in [9.17, 15) is 29.1 Å². The summed E-state index contributed by atoms with van der Waals surface area (Å²) in [5.41, 5.74) is 11.1. The van der Waals surface area contributed by atoms with Crippen molar-refractivity contribution >= 4 is 29.5 Å². The number of rotatable bonds is 17. The molecule has 0 saturated heterocycles. The molecule has 8 N–H and O–H groups in total. The van der Waals surface area contributed by atoms with Crippen LogP contribution < -0.4 is 27.4 Å². The van der Waals surface area contributed by atoms with E-state index in [1.54, 1.807) is 25.8 Å². The lowest BCUT2D eigenvalue weighted by Crippen LogP contribution is -2.60. The minimum Gasteiger partial charge on any atom is -0.393 e. The number of hydrogen-bond donors (Lipinski definition) is 6. The molecule has 0 heterocycles. The third kappa shape index (κ3) is 14.1. The van der Waals surface area contributed by atoms with E-state index in [1.807, 2.05) is 20.8 Å². The van der Waals surface area contributed by atoms with E-state index in [4.69, 9.17) is 16.2 Å². The zero-order valence-electron chi connectivity index (χ0n) is 31.6. The molecule has 0 bridgehead atoms. The third-order valence-corrected chi connectivity index (χ3v) is 10.5. The summed E-state index contributed by atoms with van der Waals surface area (Å²) in [6.07, 6.45) is 11.0. The first-order chi connectivity index (χ1) is 23.7. The second kappa shape index (κ2) is 22.2. The number of nitrogens with two attached hydrogens (primary N) is 2. The van der Waals surface area contributed by atoms with Crippen molar-refractivity contribution in [2.45, 2.75) is 161 Å². The van der Waals surface area contributed by atoms with Gasteiger partial charge in [-0.25, -0.2) is 0 Å². The zero-order chi connectivity index (χ0) is 37.4. The molecule has 0 aromatic carbocycles. The molecule has 8 atom stereocenters. The summed E-state index contributed by atoms with van der Waals surface area (Å²) in [5, 5.41) is 18.4. The number of nitrogens with zero attached hydrogens (tertiary/aromatic N) is 1. The highest BCUT2D eigenvalue weighted by Crippen LogP contribution is 2.29. The Labute approximate surface area is 300 Å². The van der Waals surface area contributed by atoms with Gasteiger partial charge in [0.25, 0.3) is 0 Å². The first-order valence-electron chi connectivity index (χ1n) is 19.1. The Bertz CT molecular complexity index is 1080. The Morgan fingerprint density at radius 3 is 1.90 bits per heavy atom. The normalized spacial score (nSPS) is 23.0. The molecule has 0 spiro atoms. The number of hydrogen-bond acceptors (Lipinski definition) is 8. The van der Waals surface area contributed by atoms with Crippen LogP contribution in [0.5, 0.6) is 0 Å². The van der Waals surface area contributed by atoms with Gasteiger partial charge in [-0.3, -0.25) is 24.0 Å². The smallest absolute Gasteiger partial charge is 0.243 e. The predicted molar refractivity (Wildman–Crippen MR) is 193 cm³/mol. The van der Waals surface area contributed by atoms with Crippen LogP contribution in [-0.4, -0.2) is 96.1 Å². The Balaban J connectivity index is 2.32. The van der Waals surface area contributed by atoms with Gasteiger partial charge in [-0.15, -0.1) is 0 Å². The number of primary amides is 1. The van der Waals surface area contributed by atoms with Crippen LogP contribution in [0.3, 0.4) is 0 Å². The van der Waals surface area contributed by atoms with Crippen molar-refractivity contribution in [3.8, 4) is 0 Å². The number of nitrogens with one attached hydrogen (secondary N) is 3. The molecule has 0 aliphatic heterocycles. The highest BCUT2D eigenvalue weighted by Gasteiger charge is 2.39. The quantitative estimate of drug-likeness (QED) is 0.132. The second-order valence-corrected chi connectivity index (χ2v) is 15.3. The van der Waals surface area contributed by atoms with Gasteiger partial charge in [0.1, 0.15) is 18.1 Å². The standard InChI is InChI=1S/C37H68N6O7/c1-23(2)20-30(35(47)42-32(27-16-12-11-13-17-27)36(48)41-29(21-38)33(39)45)43(6)37(49)28-18-14-9-7-8-10-15-19-31(28)50-22-24(3)40-34(46)25(4)26(5)44/h23-32,44H,7-22,38H2,1-6H3,(H2,39,45)(H,40,46)(H,41,48)(H,42,47)/t24-,25+,26+,28-,29+,30+,31-,32+/m1/s1. The van der Waals surface area contributed by atoms with Crippen LogP contribution in [0.4, 0.5) is 0 Å². The van der Waals surface area contributed by atoms with Gasteiger partial charge in [0.2, 0.25) is 29.5 Å². The van der Waals surface area contributed by atoms with Crippen molar-refractivity contribution in [3.05, 3.63) is 0 Å². The lowest BCUT2D eigenvalue weighted by Gasteiger charge is -2.37. The van der Waals surface area contributed by atoms with Crippen LogP contribution >= 0.6 is 0 Å². The summed E-state index contributed by atoms with van der Waals surface area (Å²) in [6.45, 7) is 9.13. The molecule has 0 unspecified atom stereocenters. The van der Waals surface area contributed by atoms with Crippen molar-refractivity contribution in [2.75, 3.05) is 20.2 Å². The molecule has 2 saturated carbocycles. The summed E-state index contributed by atoms with van der Waals surface area (Å²) in [4.78, 5) is 68.2. The largest absolute Gasteiger partial charge is 0.393 e. The summed E-state index contributed by atoms with van der Waals surface area (Å²) < 4.78 is 6.44. The summed E-state index contributed by atoms with van der Waals surface area (Å²) >= 11 is 0. The van der Waals surface area contributed by atoms with E-state index >= 15 is 0 Å². The average molecular weight is 709 g/mol. The van der Waals surface area contributed by atoms with Crippen molar-refractivity contribution in [1.82, 2.24) is 20.9 Å². The fraction of sp³-hybridized carbons (Fsp3) is 0.865. The molecular weight excluding hydrogens is 640 g/mol. The average Bonchev–Trinajstić information content (AvgIpc) is 3.08. The van der Waals surface area contributed by atoms with Crippen LogP contribution in [0.1, 0.15) is 125 Å². The Morgan fingerprint density at radius 2 is 1.34 bits per heavy atom. The molecule has 2 rings (SSSR count). The molecule has 50 heavy (non-hydrogen) atoms. The Kier molecular flexibility index (Phi) is 19.3. The van der Waals surface area contributed by atoms with E-state index in [-0.39, 0.29) is 42.8 Å². The third-order valence-electron chi connectivity index (χ3n) is 10.5. The summed E-state index contributed by atoms with van der Waals surface area (Å²) in [5.74, 6) is -3.19. The van der Waals surface area contributed by atoms with Crippen LogP contribution in [0.15, 0.2) is 0 Å². The molecule has 2 fully saturated rings. The summed E-state index contributed by atoms with van der Waals surface area (Å²) in [6, 6.07) is -3.11. The minimum atomic E-state index is -1.05. The summed E-state index contributed by atoms with van der Waals surface area (Å²) in [7, 11) is 1.67. The van der Waals surface area contributed by atoms with Gasteiger partial charge < -0.3 is 42.2 Å². The van der Waals surface area contributed by atoms with E-state index in [0.29, 0.717) is 19.3 Å². The number of ether oxygens (including phenoxy) is 1. The van der Waals surface area contributed by atoms with Gasteiger partial charge in [0, 0.05) is 19.6 Å². The lowest BCUT2D eigenvalue weighted by molar-refractivity contribution is -0.148. The highest BCUT2D eigenvalue weighted by atomic mass is 16.5. The second-order valence-electron chi connectivity index (χ2n) is 15.3. The lowest BCUT2D eigenvalue weighted by atomic mass is 9.83. The van der Waals surface area contributed by atoms with Crippen molar-refractivity contribution < 1.29 is 33.8 Å². The van der Waals surface area contributed by atoms with Crippen molar-refractivity contribution in [3.63, 3.8) is 0 Å². The highest BCUT2D eigenvalue weighted by molar-refractivity contribution is 5.94. The number of likely N-dealkylation sites (N-methyl/N-ethyl adjacent to an activating group) is 1. The van der Waals surface area contributed by atoms with E-state index < -0.39 is 59.9 Å². The van der Waals surface area contributed by atoms with Gasteiger partial charge in [0.15, 0.2) is 0 Å². The Morgan fingerprint density at radius 1 is 0.780 bits per heavy atom. The maximum Gasteiger partial charge on any atom is 0.243 e. The number of carbonyl (C=O) groups is 5. The monoisotopic (exact) mass is 709 g/mol. The molecule has 288 valence electrons. The maximum absolute atomic E-state index is 14.5. The van der Waals surface area contributed by atoms with E-state index in [2.05, 4.69) is 16.0 Å². The molecule has 13 heteroatoms. The molecule has 5 amide bonds. The van der Waals surface area contributed by atoms with Crippen molar-refractivity contribution in [2.24, 2.45) is 35.1 Å². The van der Waals surface area contributed by atoms with Crippen LogP contribution in [0.2, 0.25) is 0 Å². The predicted octanol–water partition coefficient (Wildman–Crippen LogP) is 2.51. The van der Waals surface area contributed by atoms with Gasteiger partial charge in [-0.1, -0.05) is 78.6 Å². The molecule has 13 nitrogen and oxygen atoms in total. The first-order valence-corrected chi connectivity index (χ1v) is 19.1. The number of amides is 5. The number of carbonyl (C=O) groups excluding carboxylic acids is 5. The molecule has 0 aromatic rings. The van der Waals surface area contributed by atoms with E-state index in [1.165, 1.54) is 0 Å². The first kappa shape index (κ1) is 43.4. The number of aliphatic hydroxyl groups excluding tert-OH is 1. The van der Waals surface area contributed by atoms with Gasteiger partial charge in [-0.2, -0.15) is 0 Å². The van der Waals surface area contributed by atoms with Gasteiger partial charge >= 0.3 is 0 Å². The molecule has 0 aromatic heterocycles. The number of aliphatic hydroxyl groups is 1. The molecule has 2 aliphatic carbocycles. The van der Waals surface area contributed by atoms with Gasteiger partial charge in [-0.05, 0) is 57.8 Å². The maximum atomic E-state index is 14.5. The van der Waals surface area contributed by atoms with Gasteiger partial charge in [0.05, 0.1) is 30.7 Å². The topological polar surface area (TPSA) is 206 Å². The molecule has 0 radical (unpaired) electrons. The van der Waals surface area contributed by atoms with Crippen LogP contribution in [0.25, 0.3) is 0 Å². The van der Waals surface area contributed by atoms with Crippen molar-refractivity contribution in [1.29, 1.82) is 0 Å². The van der Waals surface area contributed by atoms with E-state index in [0.717, 1.165) is 70.6 Å². The minimum absolute atomic E-state index is 0.0732. The van der Waals surface area contributed by atoms with Crippen LogP contribution in [-0.2, 0) is 28.7 Å². The fourth-order valence-corrected chi connectivity index (χ4v) is 7.11.